The van der Waals surface area contributed by atoms with Gasteiger partial charge in [-0.05, 0) is 50.7 Å². The van der Waals surface area contributed by atoms with Gasteiger partial charge in [0.15, 0.2) is 0 Å². The molecule has 0 amide bonds. The largest absolute Gasteiger partial charge is 0.369 e. The second-order valence-electron chi connectivity index (χ2n) is 5.41. The normalized spacial score (nSPS) is 16.7. The Morgan fingerprint density at radius 1 is 1.44 bits per heavy atom. The maximum Gasteiger partial charge on any atom is 0.146 e. The molecule has 1 fully saturated rings. The van der Waals surface area contributed by atoms with Gasteiger partial charge in [0.05, 0.1) is 5.69 Å². The first kappa shape index (κ1) is 13.3. The zero-order chi connectivity index (χ0) is 13.1. The number of halogens is 1. The Kier molecular flexibility index (Phi) is 4.23. The van der Waals surface area contributed by atoms with Crippen molar-refractivity contribution in [3.8, 4) is 0 Å². The van der Waals surface area contributed by atoms with Crippen molar-refractivity contribution in [1.29, 1.82) is 0 Å². The third kappa shape index (κ3) is 3.22. The van der Waals surface area contributed by atoms with E-state index in [1.165, 1.54) is 12.8 Å². The first-order valence-corrected chi connectivity index (χ1v) is 6.89. The molecule has 2 N–H and O–H groups in total. The number of rotatable bonds is 6. The van der Waals surface area contributed by atoms with Gasteiger partial charge in [0.1, 0.15) is 5.82 Å². The Morgan fingerprint density at radius 3 is 2.72 bits per heavy atom. The molecule has 2 nitrogen and oxygen atoms in total. The Balaban J connectivity index is 2.26. The van der Waals surface area contributed by atoms with Gasteiger partial charge in [-0.3, -0.25) is 0 Å². The summed E-state index contributed by atoms with van der Waals surface area (Å²) in [4.78, 5) is 2.17. The summed E-state index contributed by atoms with van der Waals surface area (Å²) in [5, 5.41) is 0. The SMILES string of the molecule is CCN(CC1CC1)c1c(F)cccc1CC(C)N. The van der Waals surface area contributed by atoms with Crippen LogP contribution in [0.15, 0.2) is 18.2 Å². The molecular weight excluding hydrogens is 227 g/mol. The fourth-order valence-electron chi connectivity index (χ4n) is 2.42. The van der Waals surface area contributed by atoms with Gasteiger partial charge in [0.2, 0.25) is 0 Å². The topological polar surface area (TPSA) is 29.3 Å². The summed E-state index contributed by atoms with van der Waals surface area (Å²) in [6.45, 7) is 5.88. The fourth-order valence-corrected chi connectivity index (χ4v) is 2.42. The van der Waals surface area contributed by atoms with Crippen molar-refractivity contribution < 1.29 is 4.39 Å². The molecule has 1 atom stereocenters. The van der Waals surface area contributed by atoms with Crippen LogP contribution in [0.3, 0.4) is 0 Å². The summed E-state index contributed by atoms with van der Waals surface area (Å²) in [5.74, 6) is 0.642. The molecular formula is C15H23FN2. The molecule has 0 aliphatic heterocycles. The van der Waals surface area contributed by atoms with Crippen molar-refractivity contribution in [1.82, 2.24) is 0 Å². The molecule has 2 rings (SSSR count). The van der Waals surface area contributed by atoms with Crippen LogP contribution in [-0.4, -0.2) is 19.1 Å². The molecule has 0 bridgehead atoms. The summed E-state index contributed by atoms with van der Waals surface area (Å²) in [6.07, 6.45) is 3.30. The van der Waals surface area contributed by atoms with Crippen molar-refractivity contribution in [2.24, 2.45) is 11.7 Å². The van der Waals surface area contributed by atoms with Crippen LogP contribution in [0, 0.1) is 11.7 Å². The molecule has 100 valence electrons. The molecule has 18 heavy (non-hydrogen) atoms. The van der Waals surface area contributed by atoms with Crippen LogP contribution in [0.25, 0.3) is 0 Å². The highest BCUT2D eigenvalue weighted by Gasteiger charge is 2.26. The van der Waals surface area contributed by atoms with Crippen molar-refractivity contribution in [3.05, 3.63) is 29.6 Å². The predicted molar refractivity (Wildman–Crippen MR) is 74.4 cm³/mol. The molecule has 1 unspecified atom stereocenters. The smallest absolute Gasteiger partial charge is 0.146 e. The molecule has 0 spiro atoms. The lowest BCUT2D eigenvalue weighted by Crippen LogP contribution is -2.28. The van der Waals surface area contributed by atoms with E-state index in [-0.39, 0.29) is 11.9 Å². The molecule has 1 aliphatic carbocycles. The van der Waals surface area contributed by atoms with Crippen LogP contribution in [0.1, 0.15) is 32.3 Å². The van der Waals surface area contributed by atoms with E-state index in [9.17, 15) is 4.39 Å². The summed E-state index contributed by atoms with van der Waals surface area (Å²) < 4.78 is 14.1. The van der Waals surface area contributed by atoms with E-state index in [2.05, 4.69) is 11.8 Å². The molecule has 0 radical (unpaired) electrons. The average Bonchev–Trinajstić information content (AvgIpc) is 3.10. The van der Waals surface area contributed by atoms with Gasteiger partial charge in [0.25, 0.3) is 0 Å². The quantitative estimate of drug-likeness (QED) is 0.841. The zero-order valence-electron chi connectivity index (χ0n) is 11.3. The molecule has 1 saturated carbocycles. The Hall–Kier alpha value is -1.09. The third-order valence-electron chi connectivity index (χ3n) is 3.49. The minimum absolute atomic E-state index is 0.0604. The van der Waals surface area contributed by atoms with E-state index in [0.29, 0.717) is 0 Å². The number of para-hydroxylation sites is 1. The van der Waals surface area contributed by atoms with Gasteiger partial charge in [-0.15, -0.1) is 0 Å². The Bertz CT molecular complexity index is 399. The summed E-state index contributed by atoms with van der Waals surface area (Å²) in [7, 11) is 0. The van der Waals surface area contributed by atoms with Crippen LogP contribution in [-0.2, 0) is 6.42 Å². The fraction of sp³-hybridized carbons (Fsp3) is 0.600. The van der Waals surface area contributed by atoms with E-state index in [1.807, 2.05) is 13.0 Å². The van der Waals surface area contributed by atoms with E-state index >= 15 is 0 Å². The van der Waals surface area contributed by atoms with E-state index in [4.69, 9.17) is 5.73 Å². The van der Waals surface area contributed by atoms with Gasteiger partial charge in [-0.1, -0.05) is 12.1 Å². The molecule has 0 heterocycles. The Morgan fingerprint density at radius 2 is 2.17 bits per heavy atom. The molecule has 1 aromatic carbocycles. The second-order valence-corrected chi connectivity index (χ2v) is 5.41. The van der Waals surface area contributed by atoms with Crippen LogP contribution in [0.5, 0.6) is 0 Å². The first-order chi connectivity index (χ1) is 8.61. The van der Waals surface area contributed by atoms with Crippen LogP contribution >= 0.6 is 0 Å². The number of benzene rings is 1. The number of anilines is 1. The van der Waals surface area contributed by atoms with Crippen LogP contribution in [0.2, 0.25) is 0 Å². The van der Waals surface area contributed by atoms with Gasteiger partial charge < -0.3 is 10.6 Å². The van der Waals surface area contributed by atoms with Gasteiger partial charge in [0, 0.05) is 19.1 Å². The zero-order valence-corrected chi connectivity index (χ0v) is 11.3. The lowest BCUT2D eigenvalue weighted by Gasteiger charge is -2.26. The second kappa shape index (κ2) is 5.70. The first-order valence-electron chi connectivity index (χ1n) is 6.89. The van der Waals surface area contributed by atoms with E-state index in [1.54, 1.807) is 12.1 Å². The molecule has 1 aliphatic rings. The van der Waals surface area contributed by atoms with Crippen molar-refractivity contribution in [2.45, 2.75) is 39.2 Å². The monoisotopic (exact) mass is 250 g/mol. The summed E-state index contributed by atoms with van der Waals surface area (Å²) in [6, 6.07) is 5.39. The number of hydrogen-bond acceptors (Lipinski definition) is 2. The minimum Gasteiger partial charge on any atom is -0.369 e. The van der Waals surface area contributed by atoms with Crippen LogP contribution < -0.4 is 10.6 Å². The average molecular weight is 250 g/mol. The van der Waals surface area contributed by atoms with Crippen molar-refractivity contribution >= 4 is 5.69 Å². The van der Waals surface area contributed by atoms with E-state index < -0.39 is 0 Å². The highest BCUT2D eigenvalue weighted by molar-refractivity contribution is 5.55. The number of nitrogens with zero attached hydrogens (tertiary/aromatic N) is 1. The summed E-state index contributed by atoms with van der Waals surface area (Å²) >= 11 is 0. The molecule has 3 heteroatoms. The standard InChI is InChI=1S/C15H23FN2/c1-3-18(10-12-7-8-12)15-13(9-11(2)17)5-4-6-14(15)16/h4-6,11-12H,3,7-10,17H2,1-2H3. The number of hydrogen-bond donors (Lipinski definition) is 1. The maximum absolute atomic E-state index is 14.1. The number of nitrogens with two attached hydrogens (primary N) is 1. The predicted octanol–water partition coefficient (Wildman–Crippen LogP) is 2.95. The lowest BCUT2D eigenvalue weighted by molar-refractivity contribution is 0.607. The van der Waals surface area contributed by atoms with Gasteiger partial charge in [-0.25, -0.2) is 4.39 Å². The highest BCUT2D eigenvalue weighted by Crippen LogP contribution is 2.33. The highest BCUT2D eigenvalue weighted by atomic mass is 19.1. The molecule has 0 saturated heterocycles. The minimum atomic E-state index is -0.115. The van der Waals surface area contributed by atoms with Crippen molar-refractivity contribution in [2.75, 3.05) is 18.0 Å². The molecule has 1 aromatic rings. The van der Waals surface area contributed by atoms with Crippen LogP contribution in [0.4, 0.5) is 10.1 Å². The van der Waals surface area contributed by atoms with Crippen molar-refractivity contribution in [3.63, 3.8) is 0 Å². The Labute approximate surface area is 109 Å². The van der Waals surface area contributed by atoms with Gasteiger partial charge in [-0.2, -0.15) is 0 Å². The lowest BCUT2D eigenvalue weighted by atomic mass is 10.0. The summed E-state index contributed by atoms with van der Waals surface area (Å²) in [5.41, 5.74) is 7.66. The third-order valence-corrected chi connectivity index (χ3v) is 3.49. The maximum atomic E-state index is 14.1. The van der Waals surface area contributed by atoms with E-state index in [0.717, 1.165) is 36.7 Å². The molecule has 0 aromatic heterocycles. The van der Waals surface area contributed by atoms with Gasteiger partial charge >= 0.3 is 0 Å².